The number of carbonyl (C=O) groups is 2. The van der Waals surface area contributed by atoms with Gasteiger partial charge in [0.2, 0.25) is 0 Å². The minimum atomic E-state index is -0.105. The second-order valence-electron chi connectivity index (χ2n) is 6.91. The van der Waals surface area contributed by atoms with E-state index in [-0.39, 0.29) is 24.9 Å². The average Bonchev–Trinajstić information content (AvgIpc) is 2.67. The molecule has 0 radical (unpaired) electrons. The molecular formula is C22H30N3O2S+. The van der Waals surface area contributed by atoms with Gasteiger partial charge in [-0.15, -0.1) is 11.8 Å². The number of carbonyl (C=O) groups excluding carboxylic acids is 2. The number of quaternary nitrogens is 1. The number of unbranched alkanes of at least 4 members (excludes halogenated alkanes) is 1. The van der Waals surface area contributed by atoms with Crippen LogP contribution < -0.4 is 15.5 Å². The molecule has 1 unspecified atom stereocenters. The summed E-state index contributed by atoms with van der Waals surface area (Å²) >= 11 is 1.59. The fraction of sp³-hybridized carbons (Fsp3) is 0.364. The van der Waals surface area contributed by atoms with Gasteiger partial charge in [-0.3, -0.25) is 9.59 Å². The van der Waals surface area contributed by atoms with E-state index < -0.39 is 0 Å². The van der Waals surface area contributed by atoms with E-state index >= 15 is 0 Å². The van der Waals surface area contributed by atoms with Gasteiger partial charge in [0.15, 0.2) is 13.1 Å². The van der Waals surface area contributed by atoms with Crippen LogP contribution in [0.4, 0.5) is 11.4 Å². The summed E-state index contributed by atoms with van der Waals surface area (Å²) in [5.74, 6) is -0.205. The third kappa shape index (κ3) is 7.37. The lowest BCUT2D eigenvalue weighted by Gasteiger charge is -2.15. The monoisotopic (exact) mass is 400 g/mol. The molecule has 2 rings (SSSR count). The van der Waals surface area contributed by atoms with Crippen LogP contribution in [0.5, 0.6) is 0 Å². The van der Waals surface area contributed by atoms with E-state index in [2.05, 4.69) is 29.7 Å². The Morgan fingerprint density at radius 2 is 1.61 bits per heavy atom. The summed E-state index contributed by atoms with van der Waals surface area (Å²) in [5, 5.41) is 5.83. The molecule has 0 aromatic heterocycles. The molecule has 3 N–H and O–H groups in total. The van der Waals surface area contributed by atoms with Crippen LogP contribution in [0.1, 0.15) is 25.3 Å². The number of nitrogens with one attached hydrogen (secondary N) is 3. The van der Waals surface area contributed by atoms with Gasteiger partial charge in [-0.2, -0.15) is 0 Å². The Kier molecular flexibility index (Phi) is 9.04. The first-order chi connectivity index (χ1) is 13.5. The number of rotatable bonds is 10. The number of likely N-dealkylation sites (N-methyl/N-ethyl adjacent to an activating group) is 1. The summed E-state index contributed by atoms with van der Waals surface area (Å²) in [7, 11) is 1.84. The molecule has 6 heteroatoms. The molecule has 0 spiro atoms. The molecule has 0 heterocycles. The fourth-order valence-corrected chi connectivity index (χ4v) is 3.45. The molecule has 0 fully saturated rings. The molecule has 28 heavy (non-hydrogen) atoms. The Balaban J connectivity index is 1.79. The maximum atomic E-state index is 12.3. The van der Waals surface area contributed by atoms with E-state index in [4.69, 9.17) is 0 Å². The van der Waals surface area contributed by atoms with Crippen LogP contribution in [0.15, 0.2) is 53.4 Å². The highest BCUT2D eigenvalue weighted by molar-refractivity contribution is 7.98. The van der Waals surface area contributed by atoms with Crippen molar-refractivity contribution in [2.75, 3.05) is 37.0 Å². The minimum absolute atomic E-state index is 0.101. The SMILES string of the molecule is CCCCc1ccc(NC(=O)C[NH+](C)CC(=O)Nc2ccccc2SC)cc1. The lowest BCUT2D eigenvalue weighted by molar-refractivity contribution is -0.862. The molecule has 0 bridgehead atoms. The van der Waals surface area contributed by atoms with Crippen molar-refractivity contribution in [2.45, 2.75) is 31.1 Å². The van der Waals surface area contributed by atoms with Crippen LogP contribution in [0, 0.1) is 0 Å². The summed E-state index contributed by atoms with van der Waals surface area (Å²) < 4.78 is 0. The fourth-order valence-electron chi connectivity index (χ4n) is 2.89. The largest absolute Gasteiger partial charge is 0.322 e. The van der Waals surface area contributed by atoms with Crippen LogP contribution in [0.2, 0.25) is 0 Å². The highest BCUT2D eigenvalue weighted by atomic mass is 32.2. The molecule has 0 saturated heterocycles. The van der Waals surface area contributed by atoms with Gasteiger partial charge in [-0.1, -0.05) is 37.6 Å². The minimum Gasteiger partial charge on any atom is -0.322 e. The number of anilines is 2. The third-order valence-corrected chi connectivity index (χ3v) is 5.16. The van der Waals surface area contributed by atoms with Crippen molar-refractivity contribution in [1.29, 1.82) is 0 Å². The summed E-state index contributed by atoms with van der Waals surface area (Å²) in [6.07, 6.45) is 5.38. The zero-order valence-corrected chi connectivity index (χ0v) is 17.7. The zero-order valence-electron chi connectivity index (χ0n) is 16.9. The molecule has 0 saturated carbocycles. The van der Waals surface area contributed by atoms with Gasteiger partial charge in [0.1, 0.15) is 0 Å². The Labute approximate surface area is 171 Å². The van der Waals surface area contributed by atoms with E-state index in [0.717, 1.165) is 27.6 Å². The first-order valence-electron chi connectivity index (χ1n) is 9.64. The molecule has 2 aromatic rings. The Morgan fingerprint density at radius 1 is 0.964 bits per heavy atom. The molecule has 0 aliphatic carbocycles. The average molecular weight is 401 g/mol. The molecule has 2 aromatic carbocycles. The number of thioether (sulfide) groups is 1. The van der Waals surface area contributed by atoms with Crippen molar-refractivity contribution in [1.82, 2.24) is 0 Å². The highest BCUT2D eigenvalue weighted by Crippen LogP contribution is 2.24. The topological polar surface area (TPSA) is 62.6 Å². The van der Waals surface area contributed by atoms with Gasteiger partial charge >= 0.3 is 0 Å². The Morgan fingerprint density at radius 3 is 2.25 bits per heavy atom. The van der Waals surface area contributed by atoms with E-state index in [1.165, 1.54) is 18.4 Å². The van der Waals surface area contributed by atoms with E-state index in [1.807, 2.05) is 49.7 Å². The van der Waals surface area contributed by atoms with Gasteiger partial charge in [0, 0.05) is 10.6 Å². The summed E-state index contributed by atoms with van der Waals surface area (Å²) in [6.45, 7) is 2.64. The van der Waals surface area contributed by atoms with Gasteiger partial charge in [0.05, 0.1) is 12.7 Å². The smallest absolute Gasteiger partial charge is 0.279 e. The lowest BCUT2D eigenvalue weighted by atomic mass is 10.1. The maximum absolute atomic E-state index is 12.3. The zero-order chi connectivity index (χ0) is 20.4. The number of benzene rings is 2. The second-order valence-corrected chi connectivity index (χ2v) is 7.76. The number of amides is 2. The normalized spacial score (nSPS) is 11.7. The molecule has 5 nitrogen and oxygen atoms in total. The van der Waals surface area contributed by atoms with Crippen molar-refractivity contribution in [3.8, 4) is 0 Å². The predicted octanol–water partition coefficient (Wildman–Crippen LogP) is 2.84. The summed E-state index contributed by atoms with van der Waals surface area (Å²) in [6, 6.07) is 15.7. The Bertz CT molecular complexity index is 778. The van der Waals surface area contributed by atoms with Crippen LogP contribution in [0.25, 0.3) is 0 Å². The Hall–Kier alpha value is -2.31. The van der Waals surface area contributed by atoms with E-state index in [1.54, 1.807) is 11.8 Å². The van der Waals surface area contributed by atoms with Crippen LogP contribution in [-0.4, -0.2) is 38.2 Å². The van der Waals surface area contributed by atoms with Gasteiger partial charge in [0.25, 0.3) is 11.8 Å². The van der Waals surface area contributed by atoms with Crippen LogP contribution in [0.3, 0.4) is 0 Å². The third-order valence-electron chi connectivity index (χ3n) is 4.36. The predicted molar refractivity (Wildman–Crippen MR) is 117 cm³/mol. The number of aryl methyl sites for hydroxylation is 1. The summed E-state index contributed by atoms with van der Waals surface area (Å²) in [5.41, 5.74) is 2.88. The standard InChI is InChI=1S/C22H29N3O2S/c1-4-5-8-17-11-13-18(14-12-17)23-21(26)15-25(2)16-22(27)24-19-9-6-7-10-20(19)28-3/h6-7,9-14H,4-5,8,15-16H2,1-3H3,(H,23,26)(H,24,27)/p+1. The maximum Gasteiger partial charge on any atom is 0.279 e. The molecule has 150 valence electrons. The van der Waals surface area contributed by atoms with Gasteiger partial charge in [-0.05, 0) is 48.9 Å². The second kappa shape index (κ2) is 11.5. The van der Waals surface area contributed by atoms with Crippen molar-refractivity contribution < 1.29 is 14.5 Å². The number of para-hydroxylation sites is 1. The van der Waals surface area contributed by atoms with Crippen molar-refractivity contribution in [2.24, 2.45) is 0 Å². The van der Waals surface area contributed by atoms with Crippen molar-refractivity contribution >= 4 is 35.0 Å². The molecule has 2 amide bonds. The van der Waals surface area contributed by atoms with E-state index in [9.17, 15) is 9.59 Å². The highest BCUT2D eigenvalue weighted by Gasteiger charge is 2.15. The van der Waals surface area contributed by atoms with Crippen LogP contribution >= 0.6 is 11.8 Å². The summed E-state index contributed by atoms with van der Waals surface area (Å²) in [4.78, 5) is 26.4. The first kappa shape index (κ1) is 22.0. The van der Waals surface area contributed by atoms with Gasteiger partial charge < -0.3 is 15.5 Å². The van der Waals surface area contributed by atoms with Gasteiger partial charge in [-0.25, -0.2) is 0 Å². The molecule has 0 aliphatic rings. The van der Waals surface area contributed by atoms with E-state index in [0.29, 0.717) is 0 Å². The van der Waals surface area contributed by atoms with Crippen LogP contribution in [-0.2, 0) is 16.0 Å². The van der Waals surface area contributed by atoms with Crippen molar-refractivity contribution in [3.05, 3.63) is 54.1 Å². The molecule has 0 aliphatic heterocycles. The first-order valence-corrected chi connectivity index (χ1v) is 10.9. The number of hydrogen-bond acceptors (Lipinski definition) is 3. The van der Waals surface area contributed by atoms with Crippen molar-refractivity contribution in [3.63, 3.8) is 0 Å². The molecule has 1 atom stereocenters. The number of hydrogen-bond donors (Lipinski definition) is 3. The quantitative estimate of drug-likeness (QED) is 0.538. The molecular weight excluding hydrogens is 370 g/mol. The lowest BCUT2D eigenvalue weighted by Crippen LogP contribution is -3.11.